The van der Waals surface area contributed by atoms with Gasteiger partial charge in [-0.1, -0.05) is 17.4 Å². The maximum atomic E-state index is 12.0. The van der Waals surface area contributed by atoms with Crippen molar-refractivity contribution in [2.75, 3.05) is 12.4 Å². The molecule has 0 aromatic carbocycles. The minimum Gasteiger partial charge on any atom is -0.402 e. The normalized spacial score (nSPS) is 14.8. The number of amides is 1. The molecule has 0 fully saturated rings. The number of rotatable bonds is 10. The van der Waals surface area contributed by atoms with E-state index in [1.165, 1.54) is 11.3 Å². The molecule has 0 radical (unpaired) electrons. The number of aryl methyl sites for hydroxylation is 1. The summed E-state index contributed by atoms with van der Waals surface area (Å²) >= 11 is 1.41. The Labute approximate surface area is 163 Å². The van der Waals surface area contributed by atoms with Crippen LogP contribution in [0.2, 0.25) is 0 Å². The molecule has 146 valence electrons. The number of nitrogens with zero attached hydrogens (tertiary/aromatic N) is 3. The molecule has 1 aliphatic heterocycles. The summed E-state index contributed by atoms with van der Waals surface area (Å²) < 4.78 is 0. The first-order valence-corrected chi connectivity index (χ1v) is 9.81. The van der Waals surface area contributed by atoms with Gasteiger partial charge in [0.05, 0.1) is 12.2 Å². The van der Waals surface area contributed by atoms with E-state index in [-0.39, 0.29) is 5.91 Å². The Morgan fingerprint density at radius 2 is 2.15 bits per heavy atom. The van der Waals surface area contributed by atoms with Crippen molar-refractivity contribution in [3.05, 3.63) is 41.0 Å². The standard InChI is InChI=1S/C18H27N7OS/c1-21-15(20)10-9-13(19)6-2-3-8-17-24-25-18(27-17)23-16(26)12-14-7-4-5-11-22-14/h5,9-11,21H,2-4,6-8,12,19-20H2,1H3,(H,23,25,26)/b13-9-,15-10+. The third kappa shape index (κ3) is 8.04. The van der Waals surface area contributed by atoms with Crippen LogP contribution in [0, 0.1) is 0 Å². The zero-order valence-electron chi connectivity index (χ0n) is 15.6. The summed E-state index contributed by atoms with van der Waals surface area (Å²) in [6, 6.07) is 0. The molecule has 0 atom stereocenters. The van der Waals surface area contributed by atoms with Crippen molar-refractivity contribution in [2.24, 2.45) is 16.5 Å². The molecule has 6 N–H and O–H groups in total. The van der Waals surface area contributed by atoms with Crippen molar-refractivity contribution in [1.82, 2.24) is 15.5 Å². The fraction of sp³-hybridized carbons (Fsp3) is 0.444. The van der Waals surface area contributed by atoms with Crippen LogP contribution in [0.5, 0.6) is 0 Å². The van der Waals surface area contributed by atoms with Gasteiger partial charge in [0, 0.05) is 31.1 Å². The van der Waals surface area contributed by atoms with E-state index in [0.717, 1.165) is 54.9 Å². The molecule has 1 aliphatic rings. The predicted molar refractivity (Wildman–Crippen MR) is 110 cm³/mol. The van der Waals surface area contributed by atoms with Gasteiger partial charge < -0.3 is 22.1 Å². The van der Waals surface area contributed by atoms with Crippen LogP contribution >= 0.6 is 11.3 Å². The molecule has 0 aliphatic carbocycles. The third-order valence-electron chi connectivity index (χ3n) is 3.91. The number of carbonyl (C=O) groups is 1. The number of anilines is 1. The fourth-order valence-corrected chi connectivity index (χ4v) is 3.20. The molecule has 0 spiro atoms. The molecule has 0 bridgehead atoms. The predicted octanol–water partition coefficient (Wildman–Crippen LogP) is 2.19. The van der Waals surface area contributed by atoms with Crippen molar-refractivity contribution in [1.29, 1.82) is 0 Å². The first kappa shape index (κ1) is 20.6. The van der Waals surface area contributed by atoms with Gasteiger partial charge in [-0.15, -0.1) is 10.2 Å². The molecular weight excluding hydrogens is 362 g/mol. The van der Waals surface area contributed by atoms with Gasteiger partial charge in [0.1, 0.15) is 5.01 Å². The first-order valence-electron chi connectivity index (χ1n) is 8.99. The number of aliphatic imine (C=N–C) groups is 1. The molecule has 0 saturated carbocycles. The van der Waals surface area contributed by atoms with Crippen LogP contribution in [0.3, 0.4) is 0 Å². The van der Waals surface area contributed by atoms with Crippen molar-refractivity contribution >= 4 is 28.1 Å². The number of allylic oxidation sites excluding steroid dienone is 4. The summed E-state index contributed by atoms with van der Waals surface area (Å²) in [6.07, 6.45) is 12.9. The van der Waals surface area contributed by atoms with Gasteiger partial charge in [0.2, 0.25) is 11.0 Å². The molecular formula is C18H27N7OS. The highest BCUT2D eigenvalue weighted by atomic mass is 32.1. The van der Waals surface area contributed by atoms with E-state index in [2.05, 4.69) is 25.8 Å². The summed E-state index contributed by atoms with van der Waals surface area (Å²) in [6.45, 7) is 0. The SMILES string of the molecule is CN/C(N)=C/C=C(\N)CCCCc1nnc(NC(=O)CC2=NC=CCC2)s1. The Hall–Kier alpha value is -2.68. The number of carbonyl (C=O) groups excluding carboxylic acids is 1. The number of hydrogen-bond donors (Lipinski definition) is 4. The first-order chi connectivity index (χ1) is 13.1. The second kappa shape index (κ2) is 11.1. The molecule has 0 unspecified atom stereocenters. The lowest BCUT2D eigenvalue weighted by Crippen LogP contribution is -2.16. The zero-order chi connectivity index (χ0) is 19.5. The molecule has 1 aromatic rings. The highest BCUT2D eigenvalue weighted by molar-refractivity contribution is 7.15. The Morgan fingerprint density at radius 3 is 2.89 bits per heavy atom. The number of unbranched alkanes of at least 4 members (excludes halogenated alkanes) is 1. The molecule has 9 heteroatoms. The van der Waals surface area contributed by atoms with Crippen LogP contribution in [-0.2, 0) is 11.2 Å². The molecule has 8 nitrogen and oxygen atoms in total. The minimum atomic E-state index is -0.0986. The number of nitrogens with two attached hydrogens (primary N) is 2. The highest BCUT2D eigenvalue weighted by Crippen LogP contribution is 2.18. The van der Waals surface area contributed by atoms with Gasteiger partial charge in [-0.05, 0) is 44.3 Å². The molecule has 2 heterocycles. The van der Waals surface area contributed by atoms with Crippen molar-refractivity contribution in [2.45, 2.75) is 44.9 Å². The van der Waals surface area contributed by atoms with E-state index >= 15 is 0 Å². The fourth-order valence-electron chi connectivity index (χ4n) is 2.40. The van der Waals surface area contributed by atoms with Gasteiger partial charge in [-0.2, -0.15) is 0 Å². The zero-order valence-corrected chi connectivity index (χ0v) is 16.4. The Kier molecular flexibility index (Phi) is 8.50. The Bertz CT molecular complexity index is 749. The van der Waals surface area contributed by atoms with E-state index in [1.54, 1.807) is 19.3 Å². The number of aromatic nitrogens is 2. The van der Waals surface area contributed by atoms with Crippen LogP contribution in [0.25, 0.3) is 0 Å². The summed E-state index contributed by atoms with van der Waals surface area (Å²) in [4.78, 5) is 16.3. The van der Waals surface area contributed by atoms with Gasteiger partial charge >= 0.3 is 0 Å². The van der Waals surface area contributed by atoms with Crippen molar-refractivity contribution in [3.8, 4) is 0 Å². The maximum Gasteiger partial charge on any atom is 0.231 e. The quantitative estimate of drug-likeness (QED) is 0.358. The monoisotopic (exact) mass is 389 g/mol. The third-order valence-corrected chi connectivity index (χ3v) is 4.81. The lowest BCUT2D eigenvalue weighted by Gasteiger charge is -2.06. The van der Waals surface area contributed by atoms with E-state index < -0.39 is 0 Å². The Morgan fingerprint density at radius 1 is 1.30 bits per heavy atom. The van der Waals surface area contributed by atoms with Gasteiger partial charge in [0.15, 0.2) is 0 Å². The number of hydrogen-bond acceptors (Lipinski definition) is 8. The Balaban J connectivity index is 1.69. The minimum absolute atomic E-state index is 0.0986. The molecule has 27 heavy (non-hydrogen) atoms. The average molecular weight is 390 g/mol. The van der Waals surface area contributed by atoms with Gasteiger partial charge in [-0.3, -0.25) is 9.79 Å². The van der Waals surface area contributed by atoms with Crippen LogP contribution in [-0.4, -0.2) is 28.9 Å². The smallest absolute Gasteiger partial charge is 0.231 e. The van der Waals surface area contributed by atoms with Crippen LogP contribution in [0.1, 0.15) is 43.5 Å². The second-order valence-electron chi connectivity index (χ2n) is 6.17. The summed E-state index contributed by atoms with van der Waals surface area (Å²) in [5, 5.41) is 15.3. The molecule has 1 aromatic heterocycles. The lowest BCUT2D eigenvalue weighted by molar-refractivity contribution is -0.115. The number of nitrogens with one attached hydrogen (secondary N) is 2. The highest BCUT2D eigenvalue weighted by Gasteiger charge is 2.11. The molecule has 1 amide bonds. The van der Waals surface area contributed by atoms with Crippen LogP contribution < -0.4 is 22.1 Å². The van der Waals surface area contributed by atoms with Crippen LogP contribution in [0.4, 0.5) is 5.13 Å². The van der Waals surface area contributed by atoms with E-state index in [9.17, 15) is 4.79 Å². The van der Waals surface area contributed by atoms with E-state index in [1.807, 2.05) is 12.2 Å². The summed E-state index contributed by atoms with van der Waals surface area (Å²) in [5.41, 5.74) is 13.3. The summed E-state index contributed by atoms with van der Waals surface area (Å²) in [7, 11) is 1.76. The second-order valence-corrected chi connectivity index (χ2v) is 7.23. The van der Waals surface area contributed by atoms with Crippen LogP contribution in [0.15, 0.2) is 40.9 Å². The van der Waals surface area contributed by atoms with E-state index in [0.29, 0.717) is 17.4 Å². The van der Waals surface area contributed by atoms with Crippen molar-refractivity contribution in [3.63, 3.8) is 0 Å². The van der Waals surface area contributed by atoms with Gasteiger partial charge in [0.25, 0.3) is 0 Å². The van der Waals surface area contributed by atoms with Crippen molar-refractivity contribution < 1.29 is 4.79 Å². The molecule has 0 saturated heterocycles. The van der Waals surface area contributed by atoms with Gasteiger partial charge in [-0.25, -0.2) is 0 Å². The average Bonchev–Trinajstić information content (AvgIpc) is 3.11. The molecule has 2 rings (SSSR count). The largest absolute Gasteiger partial charge is 0.402 e. The maximum absolute atomic E-state index is 12.0. The lowest BCUT2D eigenvalue weighted by atomic mass is 10.1. The summed E-state index contributed by atoms with van der Waals surface area (Å²) in [5.74, 6) is 0.479. The van der Waals surface area contributed by atoms with E-state index in [4.69, 9.17) is 11.5 Å². The topological polar surface area (TPSA) is 131 Å².